The number of anilines is 1. The largest absolute Gasteiger partial charge is 0.433 e. The summed E-state index contributed by atoms with van der Waals surface area (Å²) in [5.74, 6) is -0.293. The van der Waals surface area contributed by atoms with Crippen molar-refractivity contribution in [2.24, 2.45) is 5.92 Å². The van der Waals surface area contributed by atoms with E-state index >= 15 is 0 Å². The number of hydrogen-bond donors (Lipinski definition) is 2. The van der Waals surface area contributed by atoms with Gasteiger partial charge in [-0.1, -0.05) is 32.0 Å². The van der Waals surface area contributed by atoms with Crippen molar-refractivity contribution in [1.82, 2.24) is 15.3 Å². The SMILES string of the molecule is CC(C)C(NC(=O)Nc1ccccc1)c1cncnc1C(F)(F)F. The summed E-state index contributed by atoms with van der Waals surface area (Å²) in [6, 6.07) is 7.14. The number of urea groups is 1. The van der Waals surface area contributed by atoms with E-state index in [4.69, 9.17) is 0 Å². The molecule has 0 aliphatic rings. The van der Waals surface area contributed by atoms with Gasteiger partial charge in [0.1, 0.15) is 6.33 Å². The van der Waals surface area contributed by atoms with Gasteiger partial charge in [0.25, 0.3) is 0 Å². The molecule has 1 heterocycles. The minimum absolute atomic E-state index is 0.164. The highest BCUT2D eigenvalue weighted by atomic mass is 19.4. The van der Waals surface area contributed by atoms with Crippen molar-refractivity contribution in [2.45, 2.75) is 26.1 Å². The molecule has 2 N–H and O–H groups in total. The van der Waals surface area contributed by atoms with Crippen LogP contribution in [-0.4, -0.2) is 16.0 Å². The number of alkyl halides is 3. The molecule has 8 heteroatoms. The van der Waals surface area contributed by atoms with Gasteiger partial charge in [0.05, 0.1) is 6.04 Å². The average molecular weight is 338 g/mol. The first-order chi connectivity index (χ1) is 11.3. The Morgan fingerprint density at radius 3 is 2.42 bits per heavy atom. The van der Waals surface area contributed by atoms with Crippen molar-refractivity contribution in [2.75, 3.05) is 5.32 Å². The zero-order chi connectivity index (χ0) is 17.7. The summed E-state index contributed by atoms with van der Waals surface area (Å²) in [7, 11) is 0. The molecule has 2 rings (SSSR count). The molecule has 1 unspecified atom stereocenters. The highest BCUT2D eigenvalue weighted by Gasteiger charge is 2.38. The number of rotatable bonds is 4. The molecule has 0 bridgehead atoms. The average Bonchev–Trinajstić information content (AvgIpc) is 2.52. The van der Waals surface area contributed by atoms with Gasteiger partial charge in [0, 0.05) is 17.4 Å². The standard InChI is InChI=1S/C16H17F3N4O/c1-10(2)13(12-8-20-9-21-14(12)16(17,18)19)23-15(24)22-11-6-4-3-5-7-11/h3-10,13H,1-2H3,(H2,22,23,24). The van der Waals surface area contributed by atoms with Gasteiger partial charge in [-0.3, -0.25) is 0 Å². The highest BCUT2D eigenvalue weighted by Crippen LogP contribution is 2.34. The second-order valence-corrected chi connectivity index (χ2v) is 5.51. The van der Waals surface area contributed by atoms with E-state index in [1.807, 2.05) is 0 Å². The Morgan fingerprint density at radius 1 is 1.17 bits per heavy atom. The number of nitrogens with zero attached hydrogens (tertiary/aromatic N) is 2. The molecule has 24 heavy (non-hydrogen) atoms. The third-order valence-corrected chi connectivity index (χ3v) is 3.33. The molecule has 128 valence electrons. The Balaban J connectivity index is 2.23. The van der Waals surface area contributed by atoms with E-state index in [2.05, 4.69) is 20.6 Å². The van der Waals surface area contributed by atoms with Gasteiger partial charge in [-0.05, 0) is 18.1 Å². The molecule has 0 aliphatic heterocycles. The number of carbonyl (C=O) groups is 1. The third-order valence-electron chi connectivity index (χ3n) is 3.33. The Morgan fingerprint density at radius 2 is 1.83 bits per heavy atom. The second-order valence-electron chi connectivity index (χ2n) is 5.51. The van der Waals surface area contributed by atoms with Crippen LogP contribution in [0.15, 0.2) is 42.9 Å². The van der Waals surface area contributed by atoms with E-state index in [1.165, 1.54) is 0 Å². The Bertz CT molecular complexity index is 689. The lowest BCUT2D eigenvalue weighted by Crippen LogP contribution is -2.36. The monoisotopic (exact) mass is 338 g/mol. The maximum atomic E-state index is 13.1. The minimum atomic E-state index is -4.62. The molecule has 0 aliphatic carbocycles. The molecule has 1 atom stereocenters. The van der Waals surface area contributed by atoms with E-state index < -0.39 is 23.9 Å². The van der Waals surface area contributed by atoms with Gasteiger partial charge in [-0.25, -0.2) is 14.8 Å². The number of amides is 2. The van der Waals surface area contributed by atoms with Crippen LogP contribution in [0, 0.1) is 5.92 Å². The van der Waals surface area contributed by atoms with Gasteiger partial charge < -0.3 is 10.6 Å². The molecular weight excluding hydrogens is 321 g/mol. The normalized spacial score (nSPS) is 12.8. The van der Waals surface area contributed by atoms with E-state index in [0.717, 1.165) is 12.5 Å². The molecular formula is C16H17F3N4O. The van der Waals surface area contributed by atoms with E-state index in [1.54, 1.807) is 44.2 Å². The molecule has 0 fully saturated rings. The number of benzene rings is 1. The van der Waals surface area contributed by atoms with Crippen LogP contribution in [0.25, 0.3) is 0 Å². The number of hydrogen-bond acceptors (Lipinski definition) is 3. The van der Waals surface area contributed by atoms with Crippen molar-refractivity contribution in [3.8, 4) is 0 Å². The van der Waals surface area contributed by atoms with Crippen molar-refractivity contribution in [3.05, 3.63) is 54.1 Å². The highest BCUT2D eigenvalue weighted by molar-refractivity contribution is 5.89. The zero-order valence-electron chi connectivity index (χ0n) is 13.1. The van der Waals surface area contributed by atoms with Crippen molar-refractivity contribution in [3.63, 3.8) is 0 Å². The predicted octanol–water partition coefficient (Wildman–Crippen LogP) is 4.01. The van der Waals surface area contributed by atoms with Crippen LogP contribution in [0.4, 0.5) is 23.7 Å². The summed E-state index contributed by atoms with van der Waals surface area (Å²) in [5, 5.41) is 5.15. The maximum Gasteiger partial charge on any atom is 0.433 e. The fourth-order valence-electron chi connectivity index (χ4n) is 2.24. The van der Waals surface area contributed by atoms with Crippen LogP contribution in [0.3, 0.4) is 0 Å². The van der Waals surface area contributed by atoms with Crippen LogP contribution in [0.5, 0.6) is 0 Å². The summed E-state index contributed by atoms with van der Waals surface area (Å²) in [6.07, 6.45) is -2.69. The van der Waals surface area contributed by atoms with Gasteiger partial charge in [0.2, 0.25) is 0 Å². The van der Waals surface area contributed by atoms with Gasteiger partial charge in [-0.15, -0.1) is 0 Å². The first-order valence-electron chi connectivity index (χ1n) is 7.28. The molecule has 2 aromatic rings. The second kappa shape index (κ2) is 7.29. The first-order valence-corrected chi connectivity index (χ1v) is 7.28. The summed E-state index contributed by atoms with van der Waals surface area (Å²) < 4.78 is 39.4. The molecule has 0 saturated carbocycles. The third kappa shape index (κ3) is 4.43. The lowest BCUT2D eigenvalue weighted by atomic mass is 9.95. The lowest BCUT2D eigenvalue weighted by Gasteiger charge is -2.25. The predicted molar refractivity (Wildman–Crippen MR) is 83.2 cm³/mol. The van der Waals surface area contributed by atoms with Crippen LogP contribution in [0.2, 0.25) is 0 Å². The number of aromatic nitrogens is 2. The number of nitrogens with one attached hydrogen (secondary N) is 2. The Labute approximate surface area is 137 Å². The van der Waals surface area contributed by atoms with Crippen LogP contribution in [0.1, 0.15) is 31.1 Å². The summed E-state index contributed by atoms with van der Waals surface area (Å²) in [4.78, 5) is 19.1. The molecule has 0 spiro atoms. The van der Waals surface area contributed by atoms with E-state index in [0.29, 0.717) is 5.69 Å². The van der Waals surface area contributed by atoms with Crippen molar-refractivity contribution < 1.29 is 18.0 Å². The molecule has 0 radical (unpaired) electrons. The minimum Gasteiger partial charge on any atom is -0.331 e. The molecule has 1 aromatic heterocycles. The fourth-order valence-corrected chi connectivity index (χ4v) is 2.24. The van der Waals surface area contributed by atoms with E-state index in [9.17, 15) is 18.0 Å². The first kappa shape index (κ1) is 17.7. The van der Waals surface area contributed by atoms with Crippen LogP contribution < -0.4 is 10.6 Å². The quantitative estimate of drug-likeness (QED) is 0.885. The number of para-hydroxylation sites is 1. The summed E-state index contributed by atoms with van der Waals surface area (Å²) >= 11 is 0. The molecule has 2 amide bonds. The Kier molecular flexibility index (Phi) is 5.38. The number of halogens is 3. The topological polar surface area (TPSA) is 66.9 Å². The molecule has 0 saturated heterocycles. The lowest BCUT2D eigenvalue weighted by molar-refractivity contribution is -0.142. The van der Waals surface area contributed by atoms with Gasteiger partial charge in [-0.2, -0.15) is 13.2 Å². The smallest absolute Gasteiger partial charge is 0.331 e. The zero-order valence-corrected chi connectivity index (χ0v) is 13.1. The van der Waals surface area contributed by atoms with Gasteiger partial charge >= 0.3 is 12.2 Å². The summed E-state index contributed by atoms with van der Waals surface area (Å²) in [6.45, 7) is 3.42. The fraction of sp³-hybridized carbons (Fsp3) is 0.312. The van der Waals surface area contributed by atoms with Crippen LogP contribution >= 0.6 is 0 Å². The van der Waals surface area contributed by atoms with Gasteiger partial charge in [0.15, 0.2) is 5.69 Å². The maximum absolute atomic E-state index is 13.1. The van der Waals surface area contributed by atoms with Crippen LogP contribution in [-0.2, 0) is 6.18 Å². The van der Waals surface area contributed by atoms with E-state index in [-0.39, 0.29) is 11.5 Å². The Hall–Kier alpha value is -2.64. The molecule has 5 nitrogen and oxygen atoms in total. The number of carbonyl (C=O) groups excluding carboxylic acids is 1. The molecule has 1 aromatic carbocycles. The van der Waals surface area contributed by atoms with Crippen molar-refractivity contribution >= 4 is 11.7 Å². The summed E-state index contributed by atoms with van der Waals surface area (Å²) in [5.41, 5.74) is -0.669. The van der Waals surface area contributed by atoms with Crippen molar-refractivity contribution in [1.29, 1.82) is 0 Å².